The summed E-state index contributed by atoms with van der Waals surface area (Å²) >= 11 is 0. The number of anilines is 1. The van der Waals surface area contributed by atoms with Gasteiger partial charge in [0.05, 0.1) is 0 Å². The highest BCUT2D eigenvalue weighted by Crippen LogP contribution is 2.25. The lowest BCUT2D eigenvalue weighted by molar-refractivity contribution is -0.170. The third kappa shape index (κ3) is 3.37. The topological polar surface area (TPSA) is 33.5 Å². The Labute approximate surface area is 96.5 Å². The molecule has 0 bridgehead atoms. The van der Waals surface area contributed by atoms with Gasteiger partial charge in [-0.3, -0.25) is 9.69 Å². The molecule has 0 atom stereocenters. The van der Waals surface area contributed by atoms with Crippen molar-refractivity contribution in [2.45, 2.75) is 19.5 Å². The first-order valence-electron chi connectivity index (χ1n) is 4.92. The number of furan rings is 1. The van der Waals surface area contributed by atoms with Crippen molar-refractivity contribution in [1.82, 2.24) is 0 Å². The summed E-state index contributed by atoms with van der Waals surface area (Å²) in [6.45, 7) is 4.88. The van der Waals surface area contributed by atoms with E-state index in [9.17, 15) is 18.0 Å². The fourth-order valence-corrected chi connectivity index (χ4v) is 1.25. The van der Waals surface area contributed by atoms with E-state index in [0.717, 1.165) is 0 Å². The predicted octanol–water partition coefficient (Wildman–Crippen LogP) is 3.06. The predicted molar refractivity (Wildman–Crippen MR) is 56.7 cm³/mol. The van der Waals surface area contributed by atoms with Crippen LogP contribution in [0.25, 0.3) is 0 Å². The van der Waals surface area contributed by atoms with Crippen LogP contribution in [0, 0.1) is 6.92 Å². The van der Waals surface area contributed by atoms with Crippen molar-refractivity contribution in [3.05, 3.63) is 30.5 Å². The summed E-state index contributed by atoms with van der Waals surface area (Å²) in [6, 6.07) is 2.84. The molecule has 0 spiro atoms. The first-order valence-corrected chi connectivity index (χ1v) is 4.92. The Bertz CT molecular complexity index is 409. The van der Waals surface area contributed by atoms with Gasteiger partial charge >= 0.3 is 12.1 Å². The highest BCUT2D eigenvalue weighted by atomic mass is 19.4. The van der Waals surface area contributed by atoms with Crippen molar-refractivity contribution in [2.24, 2.45) is 0 Å². The lowest BCUT2D eigenvalue weighted by Crippen LogP contribution is -2.41. The van der Waals surface area contributed by atoms with Crippen LogP contribution in [0.15, 0.2) is 29.2 Å². The highest BCUT2D eigenvalue weighted by Gasteiger charge is 2.43. The molecule has 0 aromatic carbocycles. The number of carbonyl (C=O) groups is 1. The molecule has 0 aliphatic rings. The molecule has 0 aliphatic carbocycles. The second kappa shape index (κ2) is 5.07. The van der Waals surface area contributed by atoms with Crippen molar-refractivity contribution in [3.8, 4) is 0 Å². The number of halogens is 3. The average molecular weight is 247 g/mol. The van der Waals surface area contributed by atoms with E-state index in [1.807, 2.05) is 0 Å². The van der Waals surface area contributed by atoms with E-state index in [-0.39, 0.29) is 18.8 Å². The van der Waals surface area contributed by atoms with E-state index in [2.05, 4.69) is 6.58 Å². The van der Waals surface area contributed by atoms with Crippen LogP contribution in [0.4, 0.5) is 19.1 Å². The number of rotatable bonds is 4. The molecule has 0 N–H and O–H groups in total. The Hall–Kier alpha value is -1.72. The van der Waals surface area contributed by atoms with Crippen LogP contribution in [0.2, 0.25) is 0 Å². The molecular formula is C11H12F3NO2. The zero-order valence-corrected chi connectivity index (χ0v) is 9.25. The van der Waals surface area contributed by atoms with E-state index in [1.165, 1.54) is 18.2 Å². The SMILES string of the molecule is C=CCCN(C(=O)C(F)(F)F)c1ccc(C)o1. The molecule has 94 valence electrons. The Morgan fingerprint density at radius 2 is 2.18 bits per heavy atom. The summed E-state index contributed by atoms with van der Waals surface area (Å²) in [5, 5.41) is 0. The summed E-state index contributed by atoms with van der Waals surface area (Å²) in [6.07, 6.45) is -3.23. The van der Waals surface area contributed by atoms with Gasteiger partial charge < -0.3 is 4.42 Å². The molecule has 0 aliphatic heterocycles. The molecule has 3 nitrogen and oxygen atoms in total. The van der Waals surface area contributed by atoms with Crippen molar-refractivity contribution < 1.29 is 22.4 Å². The van der Waals surface area contributed by atoms with E-state index in [4.69, 9.17) is 4.42 Å². The van der Waals surface area contributed by atoms with Crippen LogP contribution in [0.3, 0.4) is 0 Å². The van der Waals surface area contributed by atoms with Crippen molar-refractivity contribution >= 4 is 11.8 Å². The molecule has 0 saturated heterocycles. The molecule has 0 saturated carbocycles. The summed E-state index contributed by atoms with van der Waals surface area (Å²) in [4.78, 5) is 11.8. The third-order valence-corrected chi connectivity index (χ3v) is 2.04. The van der Waals surface area contributed by atoms with Gasteiger partial charge in [-0.25, -0.2) is 0 Å². The molecule has 0 unspecified atom stereocenters. The highest BCUT2D eigenvalue weighted by molar-refractivity contribution is 5.96. The zero-order chi connectivity index (χ0) is 13.1. The molecule has 1 aromatic rings. The largest absolute Gasteiger partial charge is 0.471 e. The monoisotopic (exact) mass is 247 g/mol. The molecule has 17 heavy (non-hydrogen) atoms. The van der Waals surface area contributed by atoms with Gasteiger partial charge in [0.1, 0.15) is 5.76 Å². The molecule has 1 rings (SSSR count). The number of amides is 1. The van der Waals surface area contributed by atoms with E-state index < -0.39 is 12.1 Å². The number of nitrogens with zero attached hydrogens (tertiary/aromatic N) is 1. The van der Waals surface area contributed by atoms with Crippen LogP contribution < -0.4 is 4.90 Å². The standard InChI is InChI=1S/C11H12F3NO2/c1-3-4-7-15(10(16)11(12,13)14)9-6-5-8(2)17-9/h3,5-6H,1,4,7H2,2H3. The average Bonchev–Trinajstić information content (AvgIpc) is 2.64. The molecule has 1 aromatic heterocycles. The maximum Gasteiger partial charge on any atom is 0.471 e. The quantitative estimate of drug-likeness (QED) is 0.766. The Balaban J connectivity index is 2.95. The number of hydrogen-bond donors (Lipinski definition) is 0. The summed E-state index contributed by atoms with van der Waals surface area (Å²) in [5.74, 6) is -1.60. The number of carbonyl (C=O) groups excluding carboxylic acids is 1. The zero-order valence-electron chi connectivity index (χ0n) is 9.25. The van der Waals surface area contributed by atoms with Gasteiger partial charge in [0.25, 0.3) is 0 Å². The molecule has 6 heteroatoms. The number of hydrogen-bond acceptors (Lipinski definition) is 2. The van der Waals surface area contributed by atoms with Crippen LogP contribution in [0.5, 0.6) is 0 Å². The van der Waals surface area contributed by atoms with E-state index >= 15 is 0 Å². The maximum atomic E-state index is 12.4. The minimum Gasteiger partial charge on any atom is -0.445 e. The van der Waals surface area contributed by atoms with Gasteiger partial charge in [0, 0.05) is 12.6 Å². The molecule has 0 fully saturated rings. The summed E-state index contributed by atoms with van der Waals surface area (Å²) < 4.78 is 42.1. The van der Waals surface area contributed by atoms with Gasteiger partial charge in [-0.15, -0.1) is 6.58 Å². The fourth-order valence-electron chi connectivity index (χ4n) is 1.25. The number of aryl methyl sites for hydroxylation is 1. The fraction of sp³-hybridized carbons (Fsp3) is 0.364. The van der Waals surface area contributed by atoms with E-state index in [1.54, 1.807) is 6.92 Å². The van der Waals surface area contributed by atoms with Crippen LogP contribution in [-0.2, 0) is 4.79 Å². The van der Waals surface area contributed by atoms with Crippen LogP contribution >= 0.6 is 0 Å². The molecule has 1 amide bonds. The van der Waals surface area contributed by atoms with Gasteiger partial charge in [-0.2, -0.15) is 13.2 Å². The lowest BCUT2D eigenvalue weighted by atomic mass is 10.3. The van der Waals surface area contributed by atoms with Crippen molar-refractivity contribution in [1.29, 1.82) is 0 Å². The van der Waals surface area contributed by atoms with Gasteiger partial charge in [-0.05, 0) is 19.4 Å². The summed E-state index contributed by atoms with van der Waals surface area (Å²) in [5.41, 5.74) is 0. The van der Waals surface area contributed by atoms with E-state index in [0.29, 0.717) is 10.7 Å². The normalized spacial score (nSPS) is 11.3. The minimum absolute atomic E-state index is 0.105. The van der Waals surface area contributed by atoms with Crippen LogP contribution in [-0.4, -0.2) is 18.6 Å². The second-order valence-electron chi connectivity index (χ2n) is 3.42. The van der Waals surface area contributed by atoms with Crippen molar-refractivity contribution in [3.63, 3.8) is 0 Å². The Morgan fingerprint density at radius 1 is 1.53 bits per heavy atom. The van der Waals surface area contributed by atoms with Crippen molar-refractivity contribution in [2.75, 3.05) is 11.4 Å². The Morgan fingerprint density at radius 3 is 2.59 bits per heavy atom. The maximum absolute atomic E-state index is 12.4. The minimum atomic E-state index is -4.91. The number of alkyl halides is 3. The smallest absolute Gasteiger partial charge is 0.445 e. The van der Waals surface area contributed by atoms with Crippen LogP contribution in [0.1, 0.15) is 12.2 Å². The third-order valence-electron chi connectivity index (χ3n) is 2.04. The Kier molecular flexibility index (Phi) is 3.98. The second-order valence-corrected chi connectivity index (χ2v) is 3.42. The first kappa shape index (κ1) is 13.3. The molecular weight excluding hydrogens is 235 g/mol. The van der Waals surface area contributed by atoms with Gasteiger partial charge in [0.2, 0.25) is 5.88 Å². The van der Waals surface area contributed by atoms with Gasteiger partial charge in [-0.1, -0.05) is 6.08 Å². The molecule has 0 radical (unpaired) electrons. The summed E-state index contributed by atoms with van der Waals surface area (Å²) in [7, 11) is 0. The lowest BCUT2D eigenvalue weighted by Gasteiger charge is -2.20. The molecule has 1 heterocycles. The van der Waals surface area contributed by atoms with Gasteiger partial charge in [0.15, 0.2) is 0 Å². The first-order chi connectivity index (χ1) is 7.86.